The summed E-state index contributed by atoms with van der Waals surface area (Å²) in [6, 6.07) is 8.35. The van der Waals surface area contributed by atoms with Crippen LogP contribution in [0.1, 0.15) is 11.1 Å². The summed E-state index contributed by atoms with van der Waals surface area (Å²) in [6.45, 7) is 2.48. The number of rotatable bonds is 2. The van der Waals surface area contributed by atoms with E-state index in [1.165, 1.54) is 11.1 Å². The van der Waals surface area contributed by atoms with Crippen LogP contribution in [0.25, 0.3) is 0 Å². The molecule has 0 bridgehead atoms. The number of benzene rings is 1. The van der Waals surface area contributed by atoms with E-state index in [4.69, 9.17) is 10.5 Å². The van der Waals surface area contributed by atoms with Crippen LogP contribution >= 0.6 is 0 Å². The van der Waals surface area contributed by atoms with Crippen LogP contribution in [0.4, 0.5) is 0 Å². The molecule has 0 unspecified atom stereocenters. The Morgan fingerprint density at radius 2 is 2.33 bits per heavy atom. The lowest BCUT2D eigenvalue weighted by Crippen LogP contribution is -2.21. The number of allylic oxidation sites excluding steroid dienone is 1. The number of amidine groups is 1. The van der Waals surface area contributed by atoms with Gasteiger partial charge in [0.15, 0.2) is 0 Å². The zero-order valence-corrected chi connectivity index (χ0v) is 8.73. The van der Waals surface area contributed by atoms with Gasteiger partial charge in [0.2, 0.25) is 0 Å². The Labute approximate surface area is 89.3 Å². The van der Waals surface area contributed by atoms with Crippen LogP contribution in [0.2, 0.25) is 0 Å². The molecule has 2 rings (SSSR count). The third kappa shape index (κ3) is 2.59. The van der Waals surface area contributed by atoms with Gasteiger partial charge in [0.05, 0.1) is 6.20 Å². The smallest absolute Gasteiger partial charge is 0.145 e. The molecule has 0 saturated carbocycles. The van der Waals surface area contributed by atoms with Crippen molar-refractivity contribution in [2.24, 2.45) is 10.7 Å². The van der Waals surface area contributed by atoms with Crippen LogP contribution in [0.3, 0.4) is 0 Å². The quantitative estimate of drug-likeness (QED) is 0.794. The highest BCUT2D eigenvalue weighted by molar-refractivity contribution is 5.82. The van der Waals surface area contributed by atoms with Crippen LogP contribution in [-0.4, -0.2) is 12.4 Å². The molecule has 0 spiro atoms. The third-order valence-corrected chi connectivity index (χ3v) is 2.24. The van der Waals surface area contributed by atoms with Gasteiger partial charge in [0, 0.05) is 6.42 Å². The standard InChI is InChI=1S/C12H14N2O/c1-9-3-2-4-10(5-9)6-11-7-14-12(13)8-15-11/h2-5,7H,6,8H2,1H3,(H2,13,14). The highest BCUT2D eigenvalue weighted by Crippen LogP contribution is 2.13. The summed E-state index contributed by atoms with van der Waals surface area (Å²) in [6.07, 6.45) is 2.47. The first-order valence-corrected chi connectivity index (χ1v) is 4.93. The molecule has 0 aliphatic carbocycles. The summed E-state index contributed by atoms with van der Waals surface area (Å²) in [7, 11) is 0. The van der Waals surface area contributed by atoms with E-state index < -0.39 is 0 Å². The highest BCUT2D eigenvalue weighted by Gasteiger charge is 2.06. The van der Waals surface area contributed by atoms with Crippen LogP contribution in [-0.2, 0) is 11.2 Å². The molecule has 0 fully saturated rings. The second-order valence-electron chi connectivity index (χ2n) is 3.67. The van der Waals surface area contributed by atoms with E-state index in [-0.39, 0.29) is 0 Å². The van der Waals surface area contributed by atoms with E-state index >= 15 is 0 Å². The van der Waals surface area contributed by atoms with Gasteiger partial charge in [-0.1, -0.05) is 29.8 Å². The van der Waals surface area contributed by atoms with Gasteiger partial charge in [-0.05, 0) is 12.5 Å². The molecule has 3 nitrogen and oxygen atoms in total. The van der Waals surface area contributed by atoms with Gasteiger partial charge in [0.1, 0.15) is 18.2 Å². The van der Waals surface area contributed by atoms with Crippen LogP contribution in [0.5, 0.6) is 0 Å². The summed E-state index contributed by atoms with van der Waals surface area (Å²) in [5.41, 5.74) is 7.98. The number of hydrogen-bond donors (Lipinski definition) is 1. The molecule has 0 atom stereocenters. The van der Waals surface area contributed by atoms with Gasteiger partial charge in [-0.3, -0.25) is 0 Å². The Hall–Kier alpha value is -1.77. The van der Waals surface area contributed by atoms with Gasteiger partial charge in [-0.15, -0.1) is 0 Å². The zero-order chi connectivity index (χ0) is 10.7. The lowest BCUT2D eigenvalue weighted by Gasteiger charge is -2.13. The Morgan fingerprint density at radius 1 is 1.47 bits per heavy atom. The second-order valence-corrected chi connectivity index (χ2v) is 3.67. The Kier molecular flexibility index (Phi) is 2.72. The van der Waals surface area contributed by atoms with Gasteiger partial charge in [-0.2, -0.15) is 0 Å². The van der Waals surface area contributed by atoms with Crippen molar-refractivity contribution in [1.29, 1.82) is 0 Å². The van der Waals surface area contributed by atoms with Crippen molar-refractivity contribution in [3.63, 3.8) is 0 Å². The summed E-state index contributed by atoms with van der Waals surface area (Å²) >= 11 is 0. The van der Waals surface area contributed by atoms with E-state index in [1.807, 2.05) is 6.07 Å². The van der Waals surface area contributed by atoms with Crippen molar-refractivity contribution in [2.75, 3.05) is 6.61 Å². The average molecular weight is 202 g/mol. The predicted molar refractivity (Wildman–Crippen MR) is 60.5 cm³/mol. The number of ether oxygens (including phenoxy) is 1. The van der Waals surface area contributed by atoms with E-state index in [0.29, 0.717) is 12.4 Å². The van der Waals surface area contributed by atoms with Gasteiger partial charge < -0.3 is 10.5 Å². The molecule has 2 N–H and O–H groups in total. The van der Waals surface area contributed by atoms with Crippen LogP contribution in [0.15, 0.2) is 41.2 Å². The summed E-state index contributed by atoms with van der Waals surface area (Å²) in [5.74, 6) is 1.40. The van der Waals surface area contributed by atoms with Gasteiger partial charge in [0.25, 0.3) is 0 Å². The lowest BCUT2D eigenvalue weighted by atomic mass is 10.1. The van der Waals surface area contributed by atoms with Gasteiger partial charge >= 0.3 is 0 Å². The molecular formula is C12H14N2O. The first-order valence-electron chi connectivity index (χ1n) is 4.93. The molecule has 1 aromatic carbocycles. The summed E-state index contributed by atoms with van der Waals surface area (Å²) < 4.78 is 5.44. The predicted octanol–water partition coefficient (Wildman–Crippen LogP) is 1.77. The zero-order valence-electron chi connectivity index (χ0n) is 8.73. The maximum absolute atomic E-state index is 5.49. The number of nitrogens with two attached hydrogens (primary N) is 1. The fourth-order valence-electron chi connectivity index (χ4n) is 1.52. The first-order chi connectivity index (χ1) is 7.24. The van der Waals surface area contributed by atoms with Crippen molar-refractivity contribution in [1.82, 2.24) is 0 Å². The molecule has 78 valence electrons. The molecule has 1 aliphatic heterocycles. The maximum Gasteiger partial charge on any atom is 0.145 e. The summed E-state index contributed by atoms with van der Waals surface area (Å²) in [4.78, 5) is 4.04. The van der Waals surface area contributed by atoms with Crippen molar-refractivity contribution in [3.8, 4) is 0 Å². The molecule has 0 saturated heterocycles. The largest absolute Gasteiger partial charge is 0.488 e. The number of aliphatic imine (C=N–C) groups is 1. The average Bonchev–Trinajstić information content (AvgIpc) is 2.22. The minimum Gasteiger partial charge on any atom is -0.488 e. The van der Waals surface area contributed by atoms with E-state index in [2.05, 4.69) is 30.1 Å². The Balaban J connectivity index is 2.10. The summed E-state index contributed by atoms with van der Waals surface area (Å²) in [5, 5.41) is 0. The fraction of sp³-hybridized carbons (Fsp3) is 0.250. The third-order valence-electron chi connectivity index (χ3n) is 2.24. The van der Waals surface area contributed by atoms with E-state index in [1.54, 1.807) is 6.20 Å². The second kappa shape index (κ2) is 4.17. The SMILES string of the molecule is Cc1cccc(CC2=CN=C(N)CO2)c1. The normalized spacial score (nSPS) is 15.3. The highest BCUT2D eigenvalue weighted by atomic mass is 16.5. The van der Waals surface area contributed by atoms with E-state index in [0.717, 1.165) is 12.2 Å². The molecule has 1 aliphatic rings. The monoisotopic (exact) mass is 202 g/mol. The number of hydrogen-bond acceptors (Lipinski definition) is 3. The molecule has 0 amide bonds. The Bertz CT molecular complexity index is 421. The minimum absolute atomic E-state index is 0.400. The number of nitrogens with zero attached hydrogens (tertiary/aromatic N) is 1. The Morgan fingerprint density at radius 3 is 3.00 bits per heavy atom. The van der Waals surface area contributed by atoms with E-state index in [9.17, 15) is 0 Å². The lowest BCUT2D eigenvalue weighted by molar-refractivity contribution is 0.245. The number of aryl methyl sites for hydroxylation is 1. The molecule has 3 heteroatoms. The van der Waals surface area contributed by atoms with Crippen molar-refractivity contribution in [3.05, 3.63) is 47.4 Å². The molecule has 1 aromatic rings. The van der Waals surface area contributed by atoms with Crippen molar-refractivity contribution >= 4 is 5.84 Å². The maximum atomic E-state index is 5.49. The minimum atomic E-state index is 0.400. The molecule has 15 heavy (non-hydrogen) atoms. The molecule has 1 heterocycles. The first kappa shape index (κ1) is 9.77. The topological polar surface area (TPSA) is 47.6 Å². The fourth-order valence-corrected chi connectivity index (χ4v) is 1.52. The van der Waals surface area contributed by atoms with Crippen LogP contribution < -0.4 is 5.73 Å². The van der Waals surface area contributed by atoms with Crippen molar-refractivity contribution < 1.29 is 4.74 Å². The molecular weight excluding hydrogens is 188 g/mol. The van der Waals surface area contributed by atoms with Crippen LogP contribution in [0, 0.1) is 6.92 Å². The van der Waals surface area contributed by atoms with Gasteiger partial charge in [-0.25, -0.2) is 4.99 Å². The molecule has 0 aromatic heterocycles. The molecule has 0 radical (unpaired) electrons. The van der Waals surface area contributed by atoms with Crippen molar-refractivity contribution in [2.45, 2.75) is 13.3 Å².